The average molecular weight is 589 g/mol. The number of benzene rings is 1. The molecule has 0 fully saturated rings. The number of nitrogens with zero attached hydrogens (tertiary/aromatic N) is 1. The van der Waals surface area contributed by atoms with Gasteiger partial charge in [-0.25, -0.2) is 4.79 Å². The van der Waals surface area contributed by atoms with Crippen molar-refractivity contribution in [1.29, 1.82) is 0 Å². The first-order chi connectivity index (χ1) is 19.8. The number of carboxylic acid groups (broad SMARTS) is 1. The lowest BCUT2D eigenvalue weighted by molar-refractivity contribution is -0.137. The summed E-state index contributed by atoms with van der Waals surface area (Å²) in [6, 6.07) is 6.00. The maximum absolute atomic E-state index is 12.8. The van der Waals surface area contributed by atoms with Gasteiger partial charge in [-0.15, -0.1) is 0 Å². The maximum Gasteiger partial charge on any atom is 0.407 e. The van der Waals surface area contributed by atoms with Crippen LogP contribution in [0.4, 0.5) is 10.5 Å². The predicted octanol–water partition coefficient (Wildman–Crippen LogP) is 3.67. The summed E-state index contributed by atoms with van der Waals surface area (Å²) in [4.78, 5) is 61.9. The summed E-state index contributed by atoms with van der Waals surface area (Å²) >= 11 is 0. The Hall–Kier alpha value is -4.35. The van der Waals surface area contributed by atoms with Crippen molar-refractivity contribution in [1.82, 2.24) is 16.0 Å². The van der Waals surface area contributed by atoms with E-state index in [9.17, 15) is 24.0 Å². The van der Waals surface area contributed by atoms with Crippen LogP contribution in [0.15, 0.2) is 49.2 Å². The molecule has 42 heavy (non-hydrogen) atoms. The largest absolute Gasteiger partial charge is 0.490 e. The van der Waals surface area contributed by atoms with E-state index in [2.05, 4.69) is 22.5 Å². The van der Waals surface area contributed by atoms with Crippen molar-refractivity contribution in [2.24, 2.45) is 0 Å². The standard InChI is InChI=1S/C30H44N4O8/c1-6-21-41-24-15-13-23(14-16-24)34(22(2)35)20-17-26(36)33-25(28(39)31-18-10-8-12-27(37)38)11-7-9-19-32-29(40)42-30(3,4)5/h6,10,13-16,18,25H,1,7-9,11-12,17,19-21H2,2-5H3,(H,31,39)(H,32,40)(H,33,36)(H,37,38). The molecule has 1 unspecified atom stereocenters. The summed E-state index contributed by atoms with van der Waals surface area (Å²) in [6.45, 7) is 11.1. The van der Waals surface area contributed by atoms with E-state index in [0.29, 0.717) is 43.9 Å². The molecule has 1 atom stereocenters. The third-order valence-corrected chi connectivity index (χ3v) is 5.57. The molecule has 12 heteroatoms. The van der Waals surface area contributed by atoms with E-state index in [1.807, 2.05) is 0 Å². The number of unbranched alkanes of at least 4 members (excludes halogenated alkanes) is 1. The van der Waals surface area contributed by atoms with Crippen LogP contribution in [0.25, 0.3) is 0 Å². The molecular weight excluding hydrogens is 544 g/mol. The molecule has 0 bridgehead atoms. The lowest BCUT2D eigenvalue weighted by Crippen LogP contribution is -2.46. The summed E-state index contributed by atoms with van der Waals surface area (Å²) in [5.74, 6) is -1.47. The number of hydrogen-bond donors (Lipinski definition) is 4. The van der Waals surface area contributed by atoms with Crippen LogP contribution in [0.5, 0.6) is 5.75 Å². The Balaban J connectivity index is 2.74. The van der Waals surface area contributed by atoms with E-state index in [0.717, 1.165) is 0 Å². The van der Waals surface area contributed by atoms with Gasteiger partial charge in [0.2, 0.25) is 17.7 Å². The average Bonchev–Trinajstić information content (AvgIpc) is 2.90. The van der Waals surface area contributed by atoms with Gasteiger partial charge in [0.15, 0.2) is 0 Å². The number of carbonyl (C=O) groups excluding carboxylic acids is 4. The minimum Gasteiger partial charge on any atom is -0.490 e. The first-order valence-corrected chi connectivity index (χ1v) is 13.9. The molecule has 1 aromatic carbocycles. The van der Waals surface area contributed by atoms with Gasteiger partial charge in [-0.2, -0.15) is 0 Å². The topological polar surface area (TPSA) is 163 Å². The van der Waals surface area contributed by atoms with Crippen LogP contribution in [-0.2, 0) is 23.9 Å². The molecule has 4 N–H and O–H groups in total. The van der Waals surface area contributed by atoms with Crippen molar-refractivity contribution in [2.75, 3.05) is 24.6 Å². The Kier molecular flexibility index (Phi) is 16.1. The van der Waals surface area contributed by atoms with Crippen molar-refractivity contribution in [2.45, 2.75) is 77.9 Å². The molecule has 4 amide bonds. The first-order valence-electron chi connectivity index (χ1n) is 13.9. The summed E-state index contributed by atoms with van der Waals surface area (Å²) in [7, 11) is 0. The van der Waals surface area contributed by atoms with E-state index < -0.39 is 35.5 Å². The van der Waals surface area contributed by atoms with Gasteiger partial charge in [-0.05, 0) is 76.9 Å². The molecule has 0 saturated carbocycles. The third kappa shape index (κ3) is 16.0. The molecule has 12 nitrogen and oxygen atoms in total. The van der Waals surface area contributed by atoms with Gasteiger partial charge in [-0.3, -0.25) is 19.2 Å². The molecule has 0 aliphatic heterocycles. The van der Waals surface area contributed by atoms with Gasteiger partial charge >= 0.3 is 12.1 Å². The molecular formula is C30H44N4O8. The Labute approximate surface area is 247 Å². The minimum atomic E-state index is -0.951. The fourth-order valence-corrected chi connectivity index (χ4v) is 3.60. The van der Waals surface area contributed by atoms with Crippen LogP contribution in [0.3, 0.4) is 0 Å². The first kappa shape index (κ1) is 35.7. The van der Waals surface area contributed by atoms with E-state index in [-0.39, 0.29) is 31.7 Å². The van der Waals surface area contributed by atoms with Crippen molar-refractivity contribution in [3.63, 3.8) is 0 Å². The van der Waals surface area contributed by atoms with Crippen LogP contribution in [0.1, 0.15) is 66.2 Å². The monoisotopic (exact) mass is 588 g/mol. The molecule has 0 aliphatic carbocycles. The summed E-state index contributed by atoms with van der Waals surface area (Å²) in [5.41, 5.74) is -0.0175. The van der Waals surface area contributed by atoms with Crippen LogP contribution >= 0.6 is 0 Å². The molecule has 0 spiro atoms. The highest BCUT2D eigenvalue weighted by molar-refractivity contribution is 5.93. The number of aliphatic carboxylic acids is 1. The normalized spacial score (nSPS) is 11.7. The molecule has 0 radical (unpaired) electrons. The summed E-state index contributed by atoms with van der Waals surface area (Å²) < 4.78 is 10.7. The second-order valence-electron chi connectivity index (χ2n) is 10.4. The van der Waals surface area contributed by atoms with Gasteiger partial charge < -0.3 is 35.4 Å². The number of amides is 4. The number of hydrogen-bond acceptors (Lipinski definition) is 7. The van der Waals surface area contributed by atoms with Gasteiger partial charge in [0.05, 0.1) is 0 Å². The third-order valence-electron chi connectivity index (χ3n) is 5.57. The Morgan fingerprint density at radius 2 is 1.76 bits per heavy atom. The number of allylic oxidation sites excluding steroid dienone is 1. The molecule has 1 aromatic rings. The highest BCUT2D eigenvalue weighted by Crippen LogP contribution is 2.20. The number of rotatable bonds is 18. The fourth-order valence-electron chi connectivity index (χ4n) is 3.60. The molecule has 0 aliphatic rings. The second kappa shape index (κ2) is 18.9. The zero-order valence-corrected chi connectivity index (χ0v) is 24.9. The van der Waals surface area contributed by atoms with E-state index in [1.165, 1.54) is 24.1 Å². The van der Waals surface area contributed by atoms with Crippen molar-refractivity contribution in [3.8, 4) is 5.75 Å². The molecule has 0 heterocycles. The zero-order valence-electron chi connectivity index (χ0n) is 24.9. The Morgan fingerprint density at radius 1 is 1.07 bits per heavy atom. The van der Waals surface area contributed by atoms with Gasteiger partial charge in [-0.1, -0.05) is 18.7 Å². The lowest BCUT2D eigenvalue weighted by atomic mass is 10.1. The molecule has 232 valence electrons. The van der Waals surface area contributed by atoms with Crippen molar-refractivity contribution in [3.05, 3.63) is 49.2 Å². The highest BCUT2D eigenvalue weighted by Gasteiger charge is 2.21. The minimum absolute atomic E-state index is 0.0489. The van der Waals surface area contributed by atoms with Gasteiger partial charge in [0, 0.05) is 38.5 Å². The Bertz CT molecular complexity index is 1080. The number of carbonyl (C=O) groups is 5. The number of nitrogens with one attached hydrogen (secondary N) is 3. The lowest BCUT2D eigenvalue weighted by Gasteiger charge is -2.22. The van der Waals surface area contributed by atoms with Crippen LogP contribution in [0, 0.1) is 0 Å². The van der Waals surface area contributed by atoms with E-state index >= 15 is 0 Å². The number of carboxylic acids is 1. The summed E-state index contributed by atoms with van der Waals surface area (Å²) in [6.07, 6.45) is 5.42. The number of alkyl carbamates (subject to hydrolysis) is 1. The molecule has 1 rings (SSSR count). The van der Waals surface area contributed by atoms with E-state index in [4.69, 9.17) is 14.6 Å². The predicted molar refractivity (Wildman–Crippen MR) is 159 cm³/mol. The molecule has 0 saturated heterocycles. The maximum atomic E-state index is 12.8. The quantitative estimate of drug-likeness (QED) is 0.149. The molecule has 0 aromatic heterocycles. The van der Waals surface area contributed by atoms with Gasteiger partial charge in [0.1, 0.15) is 24.0 Å². The van der Waals surface area contributed by atoms with Crippen molar-refractivity contribution < 1.29 is 38.6 Å². The van der Waals surface area contributed by atoms with Crippen LogP contribution in [-0.4, -0.2) is 66.2 Å². The SMILES string of the molecule is C=CCOc1ccc(N(CCC(=O)NC(CCCCNC(=O)OC(C)(C)C)C(=O)NC=CCCC(=O)O)C(C)=O)cc1. The summed E-state index contributed by atoms with van der Waals surface area (Å²) in [5, 5.41) is 16.7. The smallest absolute Gasteiger partial charge is 0.407 e. The number of ether oxygens (including phenoxy) is 2. The van der Waals surface area contributed by atoms with Crippen molar-refractivity contribution >= 4 is 35.5 Å². The second-order valence-corrected chi connectivity index (χ2v) is 10.4. The fraction of sp³-hybridized carbons (Fsp3) is 0.500. The highest BCUT2D eigenvalue weighted by atomic mass is 16.6. The number of anilines is 1. The van der Waals surface area contributed by atoms with E-state index in [1.54, 1.807) is 51.1 Å². The zero-order chi connectivity index (χ0) is 31.5. The Morgan fingerprint density at radius 3 is 2.36 bits per heavy atom. The van der Waals surface area contributed by atoms with Crippen LogP contribution < -0.4 is 25.6 Å². The van der Waals surface area contributed by atoms with Crippen LogP contribution in [0.2, 0.25) is 0 Å². The van der Waals surface area contributed by atoms with Gasteiger partial charge in [0.25, 0.3) is 0 Å².